The minimum Gasteiger partial charge on any atom is -0.394 e. The number of carbonyl (C=O) groups excluding carboxylic acids is 4. The van der Waals surface area contributed by atoms with Gasteiger partial charge in [0.2, 0.25) is 11.8 Å². The van der Waals surface area contributed by atoms with Gasteiger partial charge in [0.05, 0.1) is 6.42 Å². The Morgan fingerprint density at radius 3 is 2.67 bits per heavy atom. The largest absolute Gasteiger partial charge is 0.730 e. The van der Waals surface area contributed by atoms with Crippen LogP contribution in [0.15, 0.2) is 35.9 Å². The van der Waals surface area contributed by atoms with Crippen LogP contribution in [0.2, 0.25) is 0 Å². The molecule has 1 saturated heterocycles. The summed E-state index contributed by atoms with van der Waals surface area (Å²) in [5.74, 6) is -3.48. The number of rotatable bonds is 8. The molecule has 1 aromatic rings. The molecule has 0 spiro atoms. The number of hydrogen-bond acceptors (Lipinski definition) is 5. The van der Waals surface area contributed by atoms with Gasteiger partial charge in [-0.1, -0.05) is 13.0 Å². The summed E-state index contributed by atoms with van der Waals surface area (Å²) in [6.45, 7) is 2.65. The highest BCUT2D eigenvalue weighted by molar-refractivity contribution is 6.56. The van der Waals surface area contributed by atoms with Crippen molar-refractivity contribution in [3.8, 4) is 0 Å². The molecule has 12 heteroatoms. The summed E-state index contributed by atoms with van der Waals surface area (Å²) in [4.78, 5) is 51.5. The summed E-state index contributed by atoms with van der Waals surface area (Å²) in [6.07, 6.45) is 3.50. The SMILES string of the molecule is C=CC(=O)NC(CCCCC1=[NH+][B-](F)(F)n2c(C)cc(C)c2C=C2C=C21)C(=O)N1C(=O)CC(O)C1=O. The summed E-state index contributed by atoms with van der Waals surface area (Å²) in [6, 6.07) is 0.513. The van der Waals surface area contributed by atoms with E-state index in [0.717, 1.165) is 27.3 Å². The molecule has 1 aliphatic carbocycles. The molecule has 3 N–H and O–H groups in total. The van der Waals surface area contributed by atoms with Gasteiger partial charge in [-0.05, 0) is 67.8 Å². The van der Waals surface area contributed by atoms with Gasteiger partial charge in [-0.15, -0.1) is 0 Å². The molecule has 1 aromatic heterocycles. The molecule has 0 bridgehead atoms. The zero-order valence-electron chi connectivity index (χ0n) is 20.0. The van der Waals surface area contributed by atoms with Crippen LogP contribution in [-0.4, -0.2) is 62.9 Å². The van der Waals surface area contributed by atoms with Gasteiger partial charge >= 0.3 is 6.97 Å². The Kier molecular flexibility index (Phi) is 6.65. The van der Waals surface area contributed by atoms with E-state index in [4.69, 9.17) is 0 Å². The first-order valence-corrected chi connectivity index (χ1v) is 11.7. The van der Waals surface area contributed by atoms with Crippen LogP contribution in [-0.2, 0) is 19.2 Å². The van der Waals surface area contributed by atoms with Crippen LogP contribution in [0.5, 0.6) is 0 Å². The zero-order chi connectivity index (χ0) is 26.4. The average Bonchev–Trinajstić information content (AvgIpc) is 3.42. The number of aliphatic hydroxyl groups is 1. The van der Waals surface area contributed by atoms with Crippen molar-refractivity contribution in [3.05, 3.63) is 52.9 Å². The molecule has 190 valence electrons. The number of unbranched alkanes of at least 4 members (excludes halogenated alkanes) is 1. The van der Waals surface area contributed by atoms with E-state index in [1.165, 1.54) is 0 Å². The zero-order valence-corrected chi connectivity index (χ0v) is 20.0. The lowest BCUT2D eigenvalue weighted by Crippen LogP contribution is -2.91. The lowest BCUT2D eigenvalue weighted by molar-refractivity contribution is -0.342. The summed E-state index contributed by atoms with van der Waals surface area (Å²) in [5.41, 5.74) is 3.70. The Hall–Kier alpha value is -3.67. The molecule has 0 saturated carbocycles. The first-order valence-electron chi connectivity index (χ1n) is 11.7. The number of aliphatic hydroxyl groups excluding tert-OH is 1. The number of carbonyl (C=O) groups is 4. The number of imide groups is 3. The summed E-state index contributed by atoms with van der Waals surface area (Å²) in [7, 11) is 0. The Bertz CT molecular complexity index is 1280. The highest BCUT2D eigenvalue weighted by Gasteiger charge is 2.45. The number of amides is 4. The molecule has 2 aliphatic heterocycles. The minimum atomic E-state index is -4.11. The summed E-state index contributed by atoms with van der Waals surface area (Å²) in [5, 5.41) is 12.0. The topological polar surface area (TPSA) is 123 Å². The van der Waals surface area contributed by atoms with Crippen molar-refractivity contribution in [2.45, 2.75) is 58.1 Å². The first-order chi connectivity index (χ1) is 16.9. The Balaban J connectivity index is 1.44. The van der Waals surface area contributed by atoms with Crippen LogP contribution in [0.3, 0.4) is 0 Å². The number of nitrogens with one attached hydrogen (secondary N) is 2. The van der Waals surface area contributed by atoms with Gasteiger partial charge in [-0.25, -0.2) is 4.90 Å². The van der Waals surface area contributed by atoms with E-state index >= 15 is 8.63 Å². The Morgan fingerprint density at radius 2 is 2.03 bits per heavy atom. The maximum absolute atomic E-state index is 15.2. The van der Waals surface area contributed by atoms with Crippen molar-refractivity contribution in [2.24, 2.45) is 0 Å². The average molecular weight is 500 g/mol. The summed E-state index contributed by atoms with van der Waals surface area (Å²) >= 11 is 0. The standard InChI is InChI=1S/C24H27BF2N4O5/c1-4-21(33)28-18(23(35)30-22(34)12-20(32)24(30)36)8-6-5-7-17-16-10-15(16)11-19-13(2)9-14(3)31(19)25(26,27)29-17/h4,9-11,18,20,29,32H,1,5-8,12H2,2-3H3,(H,28,33). The number of halogens is 2. The van der Waals surface area contributed by atoms with Crippen LogP contribution in [0, 0.1) is 13.8 Å². The highest BCUT2D eigenvalue weighted by atomic mass is 19.2. The molecule has 4 amide bonds. The fourth-order valence-electron chi connectivity index (χ4n) is 4.80. The van der Waals surface area contributed by atoms with Crippen LogP contribution in [0.4, 0.5) is 8.63 Å². The van der Waals surface area contributed by atoms with Gasteiger partial charge in [-0.2, -0.15) is 0 Å². The molecule has 36 heavy (non-hydrogen) atoms. The molecular formula is C24H27BF2N4O5. The van der Waals surface area contributed by atoms with Crippen LogP contribution < -0.4 is 10.2 Å². The molecule has 2 unspecified atom stereocenters. The first kappa shape index (κ1) is 25.4. The molecular weight excluding hydrogens is 473 g/mol. The fourth-order valence-corrected chi connectivity index (χ4v) is 4.80. The van der Waals surface area contributed by atoms with Crippen LogP contribution in [0.25, 0.3) is 6.08 Å². The van der Waals surface area contributed by atoms with E-state index in [9.17, 15) is 24.3 Å². The van der Waals surface area contributed by atoms with E-state index in [0.29, 0.717) is 34.8 Å². The van der Waals surface area contributed by atoms with Crippen molar-refractivity contribution in [3.63, 3.8) is 0 Å². The number of aromatic nitrogens is 1. The lowest BCUT2D eigenvalue weighted by atomic mass is 9.94. The van der Waals surface area contributed by atoms with Gasteiger partial charge in [0, 0.05) is 17.7 Å². The van der Waals surface area contributed by atoms with Gasteiger partial charge in [0.15, 0.2) is 0 Å². The monoisotopic (exact) mass is 500 g/mol. The normalized spacial score (nSPS) is 20.9. The van der Waals surface area contributed by atoms with E-state index in [-0.39, 0.29) is 12.8 Å². The van der Waals surface area contributed by atoms with Gasteiger partial charge in [-0.3, -0.25) is 19.2 Å². The number of allylic oxidation sites excluding steroid dienone is 3. The van der Waals surface area contributed by atoms with Gasteiger partial charge < -0.3 is 28.4 Å². The van der Waals surface area contributed by atoms with Crippen LogP contribution >= 0.6 is 0 Å². The second-order valence-corrected chi connectivity index (χ2v) is 9.27. The lowest BCUT2D eigenvalue weighted by Gasteiger charge is -2.22. The van der Waals surface area contributed by atoms with Crippen molar-refractivity contribution in [2.75, 3.05) is 0 Å². The van der Waals surface area contributed by atoms with E-state index in [2.05, 4.69) is 16.8 Å². The number of nitrogens with zero attached hydrogens (tertiary/aromatic N) is 2. The second kappa shape index (κ2) is 9.42. The Labute approximate surface area is 206 Å². The highest BCUT2D eigenvalue weighted by Crippen LogP contribution is 2.34. The van der Waals surface area contributed by atoms with Crippen LogP contribution in [0.1, 0.15) is 49.1 Å². The molecule has 4 rings (SSSR count). The van der Waals surface area contributed by atoms with Gasteiger partial charge in [0.1, 0.15) is 17.9 Å². The molecule has 9 nitrogen and oxygen atoms in total. The molecule has 2 atom stereocenters. The Morgan fingerprint density at radius 1 is 1.31 bits per heavy atom. The summed E-state index contributed by atoms with van der Waals surface area (Å²) < 4.78 is 31.4. The fraction of sp³-hybridized carbons (Fsp3) is 0.375. The second-order valence-electron chi connectivity index (χ2n) is 9.27. The van der Waals surface area contributed by atoms with Gasteiger partial charge in [0.25, 0.3) is 11.8 Å². The predicted octanol–water partition coefficient (Wildman–Crippen LogP) is 0.0638. The third kappa shape index (κ3) is 4.72. The minimum absolute atomic E-state index is 0.0577. The van der Waals surface area contributed by atoms with E-state index < -0.39 is 49.2 Å². The maximum atomic E-state index is 15.2. The van der Waals surface area contributed by atoms with Crippen molar-refractivity contribution < 1.29 is 37.8 Å². The molecule has 0 radical (unpaired) electrons. The smallest absolute Gasteiger partial charge is 0.394 e. The van der Waals surface area contributed by atoms with Crippen molar-refractivity contribution in [1.29, 1.82) is 0 Å². The number of hydrogen-bond donors (Lipinski definition) is 3. The van der Waals surface area contributed by atoms with E-state index in [1.807, 2.05) is 6.08 Å². The third-order valence-electron chi connectivity index (χ3n) is 6.60. The molecule has 1 fully saturated rings. The third-order valence-corrected chi connectivity index (χ3v) is 6.60. The van der Waals surface area contributed by atoms with E-state index in [1.54, 1.807) is 26.0 Å². The van der Waals surface area contributed by atoms with Crippen molar-refractivity contribution in [1.82, 2.24) is 14.7 Å². The van der Waals surface area contributed by atoms with Crippen molar-refractivity contribution >= 4 is 42.4 Å². The molecule has 3 aliphatic rings. The number of fused-ring (bicyclic) bond motifs is 2. The molecule has 0 aromatic carbocycles. The predicted molar refractivity (Wildman–Crippen MR) is 127 cm³/mol. The number of likely N-dealkylation sites (tertiary alicyclic amines) is 1. The number of aryl methyl sites for hydroxylation is 2. The maximum Gasteiger partial charge on any atom is 0.730 e. The quantitative estimate of drug-likeness (QED) is 0.202. The molecule has 3 heterocycles.